The van der Waals surface area contributed by atoms with Gasteiger partial charge in [-0.15, -0.1) is 11.3 Å². The third-order valence-corrected chi connectivity index (χ3v) is 6.14. The smallest absolute Gasteiger partial charge is 0.266 e. The van der Waals surface area contributed by atoms with Crippen LogP contribution in [0.4, 0.5) is 0 Å². The molecule has 31 heavy (non-hydrogen) atoms. The molecule has 0 radical (unpaired) electrons. The monoisotopic (exact) mass is 435 g/mol. The van der Waals surface area contributed by atoms with Crippen LogP contribution < -0.4 is 9.47 Å². The topological polar surface area (TPSA) is 73.3 Å². The zero-order valence-corrected chi connectivity index (χ0v) is 17.8. The average molecular weight is 436 g/mol. The molecule has 3 heterocycles. The summed E-state index contributed by atoms with van der Waals surface area (Å²) in [5.74, 6) is 1.39. The molecule has 158 valence electrons. The van der Waals surface area contributed by atoms with E-state index in [1.807, 2.05) is 53.9 Å². The van der Waals surface area contributed by atoms with Crippen molar-refractivity contribution in [2.45, 2.75) is 25.5 Å². The van der Waals surface area contributed by atoms with E-state index in [1.165, 1.54) is 0 Å². The number of amides is 1. The molecule has 0 N–H and O–H groups in total. The third-order valence-electron chi connectivity index (χ3n) is 5.20. The summed E-state index contributed by atoms with van der Waals surface area (Å²) < 4.78 is 10.8. The Balaban J connectivity index is 1.16. The number of benzene rings is 2. The molecule has 1 amide bonds. The van der Waals surface area contributed by atoms with E-state index in [0.717, 1.165) is 39.0 Å². The van der Waals surface area contributed by atoms with Crippen LogP contribution in [0, 0.1) is 0 Å². The normalized spacial score (nSPS) is 16.7. The molecule has 5 rings (SSSR count). The molecule has 7 nitrogen and oxygen atoms in total. The molecule has 2 aliphatic rings. The van der Waals surface area contributed by atoms with Gasteiger partial charge in [0.2, 0.25) is 12.9 Å². The Morgan fingerprint density at radius 3 is 2.87 bits per heavy atom. The van der Waals surface area contributed by atoms with Crippen molar-refractivity contribution in [2.24, 2.45) is 5.16 Å². The molecule has 3 aromatic rings. The van der Waals surface area contributed by atoms with Crippen molar-refractivity contribution in [3.05, 3.63) is 65.2 Å². The number of ether oxygens (including phenoxy) is 2. The lowest BCUT2D eigenvalue weighted by atomic mass is 10.0. The number of hydrogen-bond acceptors (Lipinski definition) is 7. The Bertz CT molecular complexity index is 1130. The van der Waals surface area contributed by atoms with E-state index in [0.29, 0.717) is 19.4 Å². The van der Waals surface area contributed by atoms with Gasteiger partial charge in [-0.05, 0) is 17.7 Å². The van der Waals surface area contributed by atoms with Gasteiger partial charge in [0.05, 0.1) is 18.0 Å². The van der Waals surface area contributed by atoms with E-state index >= 15 is 0 Å². The van der Waals surface area contributed by atoms with Gasteiger partial charge >= 0.3 is 0 Å². The summed E-state index contributed by atoms with van der Waals surface area (Å²) >= 11 is 1.58. The first-order valence-electron chi connectivity index (χ1n) is 10.0. The highest BCUT2D eigenvalue weighted by Crippen LogP contribution is 2.33. The molecule has 1 unspecified atom stereocenters. The quantitative estimate of drug-likeness (QED) is 0.587. The second-order valence-electron chi connectivity index (χ2n) is 7.52. The van der Waals surface area contributed by atoms with Crippen molar-refractivity contribution in [3.63, 3.8) is 0 Å². The number of rotatable bonds is 6. The van der Waals surface area contributed by atoms with Crippen molar-refractivity contribution in [1.82, 2.24) is 9.88 Å². The van der Waals surface area contributed by atoms with Crippen LogP contribution in [-0.2, 0) is 22.6 Å². The Hall–Kier alpha value is -3.39. The van der Waals surface area contributed by atoms with E-state index in [1.54, 1.807) is 23.3 Å². The van der Waals surface area contributed by atoms with Gasteiger partial charge in [0, 0.05) is 30.8 Å². The fraction of sp³-hybridized carbons (Fsp3) is 0.261. The van der Waals surface area contributed by atoms with E-state index in [2.05, 4.69) is 10.1 Å². The van der Waals surface area contributed by atoms with Crippen LogP contribution in [0.5, 0.6) is 11.5 Å². The highest BCUT2D eigenvalue weighted by molar-refractivity contribution is 7.13. The molecule has 0 fully saturated rings. The van der Waals surface area contributed by atoms with E-state index in [9.17, 15) is 4.79 Å². The van der Waals surface area contributed by atoms with Crippen molar-refractivity contribution < 1.29 is 19.1 Å². The summed E-state index contributed by atoms with van der Waals surface area (Å²) in [6.07, 6.45) is 0.488. The Morgan fingerprint density at radius 2 is 2.00 bits per heavy atom. The maximum atomic E-state index is 12.8. The number of fused-ring (bicyclic) bond motifs is 1. The molecule has 2 aromatic carbocycles. The van der Waals surface area contributed by atoms with E-state index < -0.39 is 6.10 Å². The number of likely N-dealkylation sites (N-methyl/N-ethyl adjacent to an activating group) is 1. The van der Waals surface area contributed by atoms with Crippen LogP contribution in [0.15, 0.2) is 59.1 Å². The summed E-state index contributed by atoms with van der Waals surface area (Å²) in [4.78, 5) is 24.6. The van der Waals surface area contributed by atoms with Gasteiger partial charge in [0.15, 0.2) is 11.5 Å². The molecule has 1 aromatic heterocycles. The summed E-state index contributed by atoms with van der Waals surface area (Å²) in [6, 6.07) is 15.8. The van der Waals surface area contributed by atoms with Crippen LogP contribution in [0.2, 0.25) is 0 Å². The lowest BCUT2D eigenvalue weighted by Crippen LogP contribution is -2.36. The van der Waals surface area contributed by atoms with Crippen molar-refractivity contribution in [1.29, 1.82) is 0 Å². The first-order valence-corrected chi connectivity index (χ1v) is 10.9. The average Bonchev–Trinajstić information content (AvgIpc) is 3.54. The zero-order valence-electron chi connectivity index (χ0n) is 17.0. The first kappa shape index (κ1) is 19.6. The van der Waals surface area contributed by atoms with Crippen molar-refractivity contribution in [2.75, 3.05) is 13.8 Å². The summed E-state index contributed by atoms with van der Waals surface area (Å²) in [5, 5.41) is 7.08. The molecule has 0 aliphatic carbocycles. The second-order valence-corrected chi connectivity index (χ2v) is 8.38. The lowest BCUT2D eigenvalue weighted by Gasteiger charge is -2.18. The number of carbonyl (C=O) groups is 1. The number of hydrogen-bond donors (Lipinski definition) is 0. The van der Waals surface area contributed by atoms with Crippen LogP contribution in [0.1, 0.15) is 17.7 Å². The van der Waals surface area contributed by atoms with Gasteiger partial charge in [-0.1, -0.05) is 41.6 Å². The molecule has 0 bridgehead atoms. The molecule has 0 saturated carbocycles. The van der Waals surface area contributed by atoms with Crippen molar-refractivity contribution in [3.8, 4) is 22.1 Å². The molecular formula is C23H21N3O4S. The van der Waals surface area contributed by atoms with E-state index in [4.69, 9.17) is 14.3 Å². The summed E-state index contributed by atoms with van der Waals surface area (Å²) in [7, 11) is 1.77. The number of aromatic nitrogens is 1. The predicted molar refractivity (Wildman–Crippen MR) is 117 cm³/mol. The van der Waals surface area contributed by atoms with Gasteiger partial charge < -0.3 is 19.2 Å². The maximum Gasteiger partial charge on any atom is 0.266 e. The summed E-state index contributed by atoms with van der Waals surface area (Å²) in [6.45, 7) is 0.678. The maximum absolute atomic E-state index is 12.8. The molecule has 0 saturated heterocycles. The number of oxime groups is 1. The lowest BCUT2D eigenvalue weighted by molar-refractivity contribution is -0.141. The SMILES string of the molecule is CN(Cc1csc(-c2ccccc2)n1)C(=O)C1CC(Cc2ccc3c(c2)OCO3)=NO1. The van der Waals surface area contributed by atoms with Gasteiger partial charge in [0.25, 0.3) is 5.91 Å². The zero-order chi connectivity index (χ0) is 21.2. The highest BCUT2D eigenvalue weighted by atomic mass is 32.1. The third kappa shape index (κ3) is 4.25. The standard InChI is InChI=1S/C23H21N3O4S/c1-26(12-18-13-31-22(24-18)16-5-3-2-4-6-16)23(27)21-11-17(25-30-21)9-15-7-8-19-20(10-15)29-14-28-19/h2-8,10,13,21H,9,11-12,14H2,1H3. The molecule has 1 atom stereocenters. The van der Waals surface area contributed by atoms with Crippen LogP contribution in [-0.4, -0.2) is 41.4 Å². The van der Waals surface area contributed by atoms with Gasteiger partial charge in [0.1, 0.15) is 5.01 Å². The van der Waals surface area contributed by atoms with E-state index in [-0.39, 0.29) is 12.7 Å². The minimum Gasteiger partial charge on any atom is -0.454 e. The Labute approximate surface area is 183 Å². The molecular weight excluding hydrogens is 414 g/mol. The second kappa shape index (κ2) is 8.39. The molecule has 2 aliphatic heterocycles. The minimum atomic E-state index is -0.596. The minimum absolute atomic E-state index is 0.0984. The number of thiazole rings is 1. The predicted octanol–water partition coefficient (Wildman–Crippen LogP) is 3.88. The summed E-state index contributed by atoms with van der Waals surface area (Å²) in [5.41, 5.74) is 3.82. The number of nitrogens with zero attached hydrogens (tertiary/aromatic N) is 3. The van der Waals surface area contributed by atoms with Crippen LogP contribution in [0.3, 0.4) is 0 Å². The Kier molecular flexibility index (Phi) is 5.30. The largest absolute Gasteiger partial charge is 0.454 e. The Morgan fingerprint density at radius 1 is 1.16 bits per heavy atom. The molecule has 0 spiro atoms. The fourth-order valence-corrected chi connectivity index (χ4v) is 4.43. The van der Waals surface area contributed by atoms with Gasteiger partial charge in [-0.2, -0.15) is 0 Å². The number of carbonyl (C=O) groups excluding carboxylic acids is 1. The molecule has 8 heteroatoms. The van der Waals surface area contributed by atoms with Gasteiger partial charge in [-0.25, -0.2) is 4.98 Å². The van der Waals surface area contributed by atoms with Crippen molar-refractivity contribution >= 4 is 23.0 Å². The fourth-order valence-electron chi connectivity index (χ4n) is 3.61. The van der Waals surface area contributed by atoms with Crippen LogP contribution in [0.25, 0.3) is 10.6 Å². The highest BCUT2D eigenvalue weighted by Gasteiger charge is 2.31. The van der Waals surface area contributed by atoms with Gasteiger partial charge in [-0.3, -0.25) is 4.79 Å². The first-order chi connectivity index (χ1) is 15.2. The van der Waals surface area contributed by atoms with Crippen LogP contribution >= 0.6 is 11.3 Å².